The summed E-state index contributed by atoms with van der Waals surface area (Å²) in [6.45, 7) is 4.39. The largest absolute Gasteiger partial charge is 0.384 e. The Kier molecular flexibility index (Phi) is 4.27. The minimum Gasteiger partial charge on any atom is -0.384 e. The van der Waals surface area contributed by atoms with Crippen LogP contribution in [0.4, 0.5) is 0 Å². The molecule has 0 amide bonds. The Bertz CT molecular complexity index is 556. The van der Waals surface area contributed by atoms with Gasteiger partial charge in [0.15, 0.2) is 0 Å². The molecule has 2 nitrogen and oxygen atoms in total. The molecule has 19 heavy (non-hydrogen) atoms. The third kappa shape index (κ3) is 3.61. The SMILES string of the molecule is CC(C)c1ccc(Sc2ccc(C(=N)N)cc2)cc1. The van der Waals surface area contributed by atoms with E-state index in [2.05, 4.69) is 38.1 Å². The van der Waals surface area contributed by atoms with Crippen molar-refractivity contribution >= 4 is 17.6 Å². The van der Waals surface area contributed by atoms with E-state index >= 15 is 0 Å². The molecule has 3 heteroatoms. The maximum Gasteiger partial charge on any atom is 0.122 e. The van der Waals surface area contributed by atoms with Crippen molar-refractivity contribution in [3.8, 4) is 0 Å². The fourth-order valence-electron chi connectivity index (χ4n) is 1.76. The number of nitrogen functional groups attached to an aromatic ring is 1. The van der Waals surface area contributed by atoms with Crippen molar-refractivity contribution in [2.45, 2.75) is 29.6 Å². The Morgan fingerprint density at radius 3 is 1.84 bits per heavy atom. The van der Waals surface area contributed by atoms with Gasteiger partial charge in [-0.3, -0.25) is 5.41 Å². The molecule has 0 spiro atoms. The summed E-state index contributed by atoms with van der Waals surface area (Å²) >= 11 is 1.72. The maximum atomic E-state index is 7.36. The van der Waals surface area contributed by atoms with Crippen LogP contribution in [0.3, 0.4) is 0 Å². The van der Waals surface area contributed by atoms with E-state index in [1.165, 1.54) is 10.5 Å². The standard InChI is InChI=1S/C16H18N2S/c1-11(2)12-3-7-14(8-4-12)19-15-9-5-13(6-10-15)16(17)18/h3-11H,1-2H3,(H3,17,18). The normalized spacial score (nSPS) is 10.7. The molecule has 0 unspecified atom stereocenters. The predicted octanol–water partition coefficient (Wildman–Crippen LogP) is 4.25. The van der Waals surface area contributed by atoms with Crippen LogP contribution < -0.4 is 5.73 Å². The van der Waals surface area contributed by atoms with Gasteiger partial charge < -0.3 is 5.73 Å². The summed E-state index contributed by atoms with van der Waals surface area (Å²) in [7, 11) is 0. The first-order valence-corrected chi connectivity index (χ1v) is 7.10. The van der Waals surface area contributed by atoms with Crippen LogP contribution in [-0.4, -0.2) is 5.84 Å². The molecule has 0 aliphatic rings. The second kappa shape index (κ2) is 5.93. The first kappa shape index (κ1) is 13.7. The molecule has 0 saturated heterocycles. The van der Waals surface area contributed by atoms with Gasteiger partial charge in [-0.2, -0.15) is 0 Å². The van der Waals surface area contributed by atoms with E-state index in [4.69, 9.17) is 11.1 Å². The fraction of sp³-hybridized carbons (Fsp3) is 0.188. The Morgan fingerprint density at radius 2 is 1.42 bits per heavy atom. The van der Waals surface area contributed by atoms with Crippen LogP contribution >= 0.6 is 11.8 Å². The zero-order valence-electron chi connectivity index (χ0n) is 11.2. The van der Waals surface area contributed by atoms with E-state index in [1.807, 2.05) is 24.3 Å². The lowest BCUT2D eigenvalue weighted by Crippen LogP contribution is -2.10. The van der Waals surface area contributed by atoms with Crippen molar-refractivity contribution < 1.29 is 0 Å². The van der Waals surface area contributed by atoms with Crippen LogP contribution in [0.15, 0.2) is 58.3 Å². The number of nitrogens with two attached hydrogens (primary N) is 1. The highest BCUT2D eigenvalue weighted by atomic mass is 32.2. The highest BCUT2D eigenvalue weighted by Crippen LogP contribution is 2.28. The van der Waals surface area contributed by atoms with Crippen molar-refractivity contribution in [2.75, 3.05) is 0 Å². The van der Waals surface area contributed by atoms with Gasteiger partial charge in [0, 0.05) is 15.4 Å². The molecule has 2 aromatic rings. The summed E-state index contributed by atoms with van der Waals surface area (Å²) in [6.07, 6.45) is 0. The van der Waals surface area contributed by atoms with Crippen molar-refractivity contribution in [1.29, 1.82) is 5.41 Å². The third-order valence-electron chi connectivity index (χ3n) is 2.95. The van der Waals surface area contributed by atoms with E-state index in [9.17, 15) is 0 Å². The number of rotatable bonds is 4. The van der Waals surface area contributed by atoms with Gasteiger partial charge in [0.1, 0.15) is 5.84 Å². The van der Waals surface area contributed by atoms with Gasteiger partial charge in [-0.15, -0.1) is 0 Å². The number of amidine groups is 1. The number of hydrogen-bond acceptors (Lipinski definition) is 2. The number of nitrogens with one attached hydrogen (secondary N) is 1. The molecule has 0 aliphatic heterocycles. The van der Waals surface area contributed by atoms with Gasteiger partial charge >= 0.3 is 0 Å². The molecule has 0 atom stereocenters. The van der Waals surface area contributed by atoms with Crippen molar-refractivity contribution in [1.82, 2.24) is 0 Å². The van der Waals surface area contributed by atoms with Gasteiger partial charge in [-0.1, -0.05) is 49.9 Å². The Hall–Kier alpha value is -1.74. The highest BCUT2D eigenvalue weighted by molar-refractivity contribution is 7.99. The van der Waals surface area contributed by atoms with Crippen LogP contribution in [-0.2, 0) is 0 Å². The first-order valence-electron chi connectivity index (χ1n) is 6.28. The monoisotopic (exact) mass is 270 g/mol. The summed E-state index contributed by atoms with van der Waals surface area (Å²) in [6, 6.07) is 16.4. The second-order valence-electron chi connectivity index (χ2n) is 4.76. The summed E-state index contributed by atoms with van der Waals surface area (Å²) in [5, 5.41) is 7.36. The Labute approximate surface area is 118 Å². The van der Waals surface area contributed by atoms with E-state index in [1.54, 1.807) is 11.8 Å². The minimum atomic E-state index is 0.109. The molecule has 0 saturated carbocycles. The predicted molar refractivity (Wildman–Crippen MR) is 82.1 cm³/mol. The summed E-state index contributed by atoms with van der Waals surface area (Å²) in [5.74, 6) is 0.673. The van der Waals surface area contributed by atoms with Gasteiger partial charge in [0.2, 0.25) is 0 Å². The van der Waals surface area contributed by atoms with Crippen LogP contribution in [0.1, 0.15) is 30.9 Å². The van der Waals surface area contributed by atoms with E-state index in [0.717, 1.165) is 10.5 Å². The maximum absolute atomic E-state index is 7.36. The molecule has 2 aromatic carbocycles. The molecule has 0 bridgehead atoms. The highest BCUT2D eigenvalue weighted by Gasteiger charge is 2.02. The van der Waals surface area contributed by atoms with Gasteiger partial charge in [-0.05, 0) is 35.7 Å². The van der Waals surface area contributed by atoms with Crippen molar-refractivity contribution in [3.05, 3.63) is 59.7 Å². The van der Waals surface area contributed by atoms with Crippen molar-refractivity contribution in [2.24, 2.45) is 5.73 Å². The molecule has 0 heterocycles. The lowest BCUT2D eigenvalue weighted by atomic mass is 10.0. The zero-order valence-corrected chi connectivity index (χ0v) is 12.0. The molecule has 0 aliphatic carbocycles. The quantitative estimate of drug-likeness (QED) is 0.644. The number of benzene rings is 2. The van der Waals surface area contributed by atoms with E-state index in [0.29, 0.717) is 5.92 Å². The average Bonchev–Trinajstić information content (AvgIpc) is 2.40. The number of hydrogen-bond donors (Lipinski definition) is 2. The molecule has 2 rings (SSSR count). The molecular formula is C16H18N2S. The molecule has 98 valence electrons. The molecule has 0 aromatic heterocycles. The van der Waals surface area contributed by atoms with E-state index in [-0.39, 0.29) is 5.84 Å². The molecule has 0 fully saturated rings. The second-order valence-corrected chi connectivity index (χ2v) is 5.91. The van der Waals surface area contributed by atoms with Crippen molar-refractivity contribution in [3.63, 3.8) is 0 Å². The Morgan fingerprint density at radius 1 is 0.947 bits per heavy atom. The summed E-state index contributed by atoms with van der Waals surface area (Å²) in [4.78, 5) is 2.38. The third-order valence-corrected chi connectivity index (χ3v) is 3.96. The molecule has 3 N–H and O–H groups in total. The first-order chi connectivity index (χ1) is 9.06. The average molecular weight is 270 g/mol. The van der Waals surface area contributed by atoms with Crippen LogP contribution in [0.5, 0.6) is 0 Å². The van der Waals surface area contributed by atoms with Gasteiger partial charge in [0.25, 0.3) is 0 Å². The van der Waals surface area contributed by atoms with Crippen LogP contribution in [0, 0.1) is 5.41 Å². The summed E-state index contributed by atoms with van der Waals surface area (Å²) < 4.78 is 0. The van der Waals surface area contributed by atoms with E-state index < -0.39 is 0 Å². The lowest BCUT2D eigenvalue weighted by Gasteiger charge is -2.07. The smallest absolute Gasteiger partial charge is 0.122 e. The lowest BCUT2D eigenvalue weighted by molar-refractivity contribution is 0.865. The van der Waals surface area contributed by atoms with Crippen LogP contribution in [0.25, 0.3) is 0 Å². The Balaban J connectivity index is 2.10. The fourth-order valence-corrected chi connectivity index (χ4v) is 2.58. The van der Waals surface area contributed by atoms with Crippen LogP contribution in [0.2, 0.25) is 0 Å². The molecular weight excluding hydrogens is 252 g/mol. The van der Waals surface area contributed by atoms with Gasteiger partial charge in [0.05, 0.1) is 0 Å². The topological polar surface area (TPSA) is 49.9 Å². The van der Waals surface area contributed by atoms with Gasteiger partial charge in [-0.25, -0.2) is 0 Å². The summed E-state index contributed by atoms with van der Waals surface area (Å²) in [5.41, 5.74) is 7.56. The zero-order chi connectivity index (χ0) is 13.8. The molecule has 0 radical (unpaired) electrons. The minimum absolute atomic E-state index is 0.109.